The summed E-state index contributed by atoms with van der Waals surface area (Å²) in [5.74, 6) is 0.868. The van der Waals surface area contributed by atoms with Crippen molar-refractivity contribution in [1.82, 2.24) is 5.32 Å². The molecule has 0 unspecified atom stereocenters. The van der Waals surface area contributed by atoms with Crippen LogP contribution in [0.1, 0.15) is 51.7 Å². The maximum absolute atomic E-state index is 6.28. The lowest BCUT2D eigenvalue weighted by molar-refractivity contribution is 0.163. The van der Waals surface area contributed by atoms with Gasteiger partial charge in [-0.3, -0.25) is 4.99 Å². The van der Waals surface area contributed by atoms with E-state index in [1.165, 1.54) is 11.1 Å². The van der Waals surface area contributed by atoms with E-state index in [9.17, 15) is 0 Å². The number of hydrogen-bond donors (Lipinski definition) is 1. The molecule has 0 spiro atoms. The van der Waals surface area contributed by atoms with E-state index in [1.807, 2.05) is 0 Å². The van der Waals surface area contributed by atoms with Crippen LogP contribution in [0.25, 0.3) is 22.3 Å². The van der Waals surface area contributed by atoms with Gasteiger partial charge in [-0.15, -0.1) is 0 Å². The van der Waals surface area contributed by atoms with Crippen LogP contribution in [0.2, 0.25) is 0 Å². The van der Waals surface area contributed by atoms with E-state index in [2.05, 4.69) is 95.4 Å². The van der Waals surface area contributed by atoms with Crippen molar-refractivity contribution in [3.8, 4) is 11.3 Å². The van der Waals surface area contributed by atoms with Gasteiger partial charge in [0.25, 0.3) is 0 Å². The highest BCUT2D eigenvalue weighted by Gasteiger charge is 2.37. The number of aryl methyl sites for hydroxylation is 2. The highest BCUT2D eigenvalue weighted by atomic mass is 16.3. The summed E-state index contributed by atoms with van der Waals surface area (Å²) in [6.45, 7) is 13.3. The van der Waals surface area contributed by atoms with Crippen molar-refractivity contribution in [2.24, 2.45) is 4.99 Å². The van der Waals surface area contributed by atoms with Crippen LogP contribution in [0.15, 0.2) is 57.9 Å². The summed E-state index contributed by atoms with van der Waals surface area (Å²) in [5, 5.41) is 5.88. The maximum Gasteiger partial charge on any atom is 0.136 e. The van der Waals surface area contributed by atoms with E-state index in [-0.39, 0.29) is 17.1 Å². The first kappa shape index (κ1) is 19.9. The van der Waals surface area contributed by atoms with Crippen LogP contribution in [0.5, 0.6) is 0 Å². The van der Waals surface area contributed by atoms with Crippen molar-refractivity contribution in [2.45, 2.75) is 71.5 Å². The monoisotopic (exact) mass is 388 g/mol. The molecule has 1 aliphatic rings. The van der Waals surface area contributed by atoms with Gasteiger partial charge < -0.3 is 9.73 Å². The number of nitrogens with one attached hydrogen (secondary N) is 1. The Morgan fingerprint density at radius 3 is 2.14 bits per heavy atom. The molecule has 1 fully saturated rings. The molecule has 3 nitrogen and oxygen atoms in total. The third-order valence-electron chi connectivity index (χ3n) is 5.73. The molecule has 1 saturated heterocycles. The number of nitrogens with zero attached hydrogens (tertiary/aromatic N) is 1. The fraction of sp³-hybridized carbons (Fsp3) is 0.423. The number of rotatable bonds is 2. The van der Waals surface area contributed by atoms with E-state index >= 15 is 0 Å². The quantitative estimate of drug-likeness (QED) is 0.591. The number of piperidine rings is 1. The number of fused-ring (bicyclic) bond motifs is 1. The molecule has 0 radical (unpaired) electrons. The third kappa shape index (κ3) is 4.45. The van der Waals surface area contributed by atoms with Gasteiger partial charge in [-0.05, 0) is 66.5 Å². The molecule has 1 aliphatic heterocycles. The molecule has 1 N–H and O–H groups in total. The topological polar surface area (TPSA) is 37.5 Å². The molecule has 0 atom stereocenters. The Balaban J connectivity index is 1.88. The standard InChI is InChI=1S/C26H32N2O/c1-17-7-10-19(11-8-17)24-14-22(21-13-18(2)9-12-23(21)29-24)27-20-15-25(3,4)28-26(5,6)16-20/h7-14,20,28H,15-16H2,1-6H3. The average molecular weight is 389 g/mol. The molecule has 152 valence electrons. The van der Waals surface area contributed by atoms with Crippen LogP contribution in [-0.2, 0) is 0 Å². The second-order valence-electron chi connectivity index (χ2n) is 9.95. The maximum atomic E-state index is 6.28. The zero-order valence-corrected chi connectivity index (χ0v) is 18.5. The second kappa shape index (κ2) is 7.14. The Morgan fingerprint density at radius 1 is 0.862 bits per heavy atom. The molecule has 0 aliphatic carbocycles. The molecule has 29 heavy (non-hydrogen) atoms. The highest BCUT2D eigenvalue weighted by Crippen LogP contribution is 2.30. The van der Waals surface area contributed by atoms with Crippen LogP contribution in [-0.4, -0.2) is 17.1 Å². The van der Waals surface area contributed by atoms with Crippen molar-refractivity contribution in [2.75, 3.05) is 0 Å². The molecule has 3 heteroatoms. The Bertz CT molecular complexity index is 1090. The van der Waals surface area contributed by atoms with Gasteiger partial charge in [0.05, 0.1) is 11.4 Å². The molecular formula is C26H32N2O. The van der Waals surface area contributed by atoms with Crippen LogP contribution in [0, 0.1) is 13.8 Å². The van der Waals surface area contributed by atoms with Gasteiger partial charge in [0.15, 0.2) is 0 Å². The van der Waals surface area contributed by atoms with E-state index < -0.39 is 0 Å². The van der Waals surface area contributed by atoms with Crippen LogP contribution in [0.3, 0.4) is 0 Å². The lowest BCUT2D eigenvalue weighted by Gasteiger charge is -2.45. The fourth-order valence-corrected chi connectivity index (χ4v) is 4.81. The van der Waals surface area contributed by atoms with Gasteiger partial charge in [-0.2, -0.15) is 0 Å². The number of hydrogen-bond acceptors (Lipinski definition) is 3. The molecule has 0 bridgehead atoms. The van der Waals surface area contributed by atoms with Gasteiger partial charge in [-0.25, -0.2) is 0 Å². The van der Waals surface area contributed by atoms with Crippen molar-refractivity contribution in [3.05, 3.63) is 65.0 Å². The lowest BCUT2D eigenvalue weighted by atomic mass is 9.80. The molecule has 0 amide bonds. The molecule has 2 aromatic carbocycles. The van der Waals surface area contributed by atoms with Crippen molar-refractivity contribution in [1.29, 1.82) is 0 Å². The summed E-state index contributed by atoms with van der Waals surface area (Å²) in [5.41, 5.74) is 4.58. The minimum atomic E-state index is 0.0700. The van der Waals surface area contributed by atoms with Gasteiger partial charge in [-0.1, -0.05) is 41.5 Å². The summed E-state index contributed by atoms with van der Waals surface area (Å²) >= 11 is 0. The SMILES string of the molecule is Cc1ccc(-c2cc(=NC3CC(C)(C)NC(C)(C)C3)c3cc(C)ccc3o2)cc1. The van der Waals surface area contributed by atoms with Gasteiger partial charge in [0, 0.05) is 28.1 Å². The normalized spacial score (nSPS) is 19.6. The molecule has 3 aromatic rings. The van der Waals surface area contributed by atoms with Gasteiger partial charge in [0.2, 0.25) is 0 Å². The Hall–Kier alpha value is -2.39. The molecule has 1 aromatic heterocycles. The zero-order chi connectivity index (χ0) is 20.8. The van der Waals surface area contributed by atoms with Crippen molar-refractivity contribution < 1.29 is 4.42 Å². The summed E-state index contributed by atoms with van der Waals surface area (Å²) < 4.78 is 6.28. The average Bonchev–Trinajstić information content (AvgIpc) is 2.60. The molecular weight excluding hydrogens is 356 g/mol. The smallest absolute Gasteiger partial charge is 0.136 e. The minimum Gasteiger partial charge on any atom is -0.456 e. The highest BCUT2D eigenvalue weighted by molar-refractivity contribution is 5.79. The molecule has 0 saturated carbocycles. The van der Waals surface area contributed by atoms with E-state index in [0.717, 1.165) is 40.5 Å². The van der Waals surface area contributed by atoms with Gasteiger partial charge in [0.1, 0.15) is 11.3 Å². The predicted octanol–water partition coefficient (Wildman–Crippen LogP) is 5.93. The summed E-state index contributed by atoms with van der Waals surface area (Å²) in [6, 6.07) is 17.2. The van der Waals surface area contributed by atoms with Crippen LogP contribution >= 0.6 is 0 Å². The molecule has 2 heterocycles. The summed E-state index contributed by atoms with van der Waals surface area (Å²) in [6.07, 6.45) is 2.05. The lowest BCUT2D eigenvalue weighted by Crippen LogP contribution is -2.59. The first-order valence-electron chi connectivity index (χ1n) is 10.6. The molecule has 4 rings (SSSR count). The second-order valence-corrected chi connectivity index (χ2v) is 9.95. The van der Waals surface area contributed by atoms with E-state index in [0.29, 0.717) is 0 Å². The first-order valence-corrected chi connectivity index (χ1v) is 10.6. The fourth-order valence-electron chi connectivity index (χ4n) is 4.81. The Morgan fingerprint density at radius 2 is 1.48 bits per heavy atom. The number of benzene rings is 2. The summed E-state index contributed by atoms with van der Waals surface area (Å²) in [7, 11) is 0. The van der Waals surface area contributed by atoms with E-state index in [4.69, 9.17) is 9.41 Å². The van der Waals surface area contributed by atoms with Crippen LogP contribution in [0.4, 0.5) is 0 Å². The van der Waals surface area contributed by atoms with Gasteiger partial charge >= 0.3 is 0 Å². The third-order valence-corrected chi connectivity index (χ3v) is 5.73. The van der Waals surface area contributed by atoms with E-state index in [1.54, 1.807) is 0 Å². The first-order chi connectivity index (χ1) is 13.6. The van der Waals surface area contributed by atoms with Crippen molar-refractivity contribution >= 4 is 11.0 Å². The minimum absolute atomic E-state index is 0.0700. The summed E-state index contributed by atoms with van der Waals surface area (Å²) in [4.78, 5) is 5.28. The zero-order valence-electron chi connectivity index (χ0n) is 18.5. The largest absolute Gasteiger partial charge is 0.456 e. The van der Waals surface area contributed by atoms with Crippen molar-refractivity contribution in [3.63, 3.8) is 0 Å². The Kier molecular flexibility index (Phi) is 4.90. The Labute approximate surface area is 173 Å². The predicted molar refractivity (Wildman–Crippen MR) is 121 cm³/mol. The van der Waals surface area contributed by atoms with Crippen LogP contribution < -0.4 is 10.7 Å².